The van der Waals surface area contributed by atoms with Crippen LogP contribution < -0.4 is 11.1 Å². The summed E-state index contributed by atoms with van der Waals surface area (Å²) >= 11 is 0. The number of rotatable bonds is 3. The van der Waals surface area contributed by atoms with E-state index in [1.54, 1.807) is 11.1 Å². The Morgan fingerprint density at radius 3 is 3.06 bits per heavy atom. The molecule has 17 heavy (non-hydrogen) atoms. The van der Waals surface area contributed by atoms with Gasteiger partial charge in [-0.25, -0.2) is 0 Å². The molecule has 5 nitrogen and oxygen atoms in total. The largest absolute Gasteiger partial charge is 0.398 e. The van der Waals surface area contributed by atoms with Crippen molar-refractivity contribution in [1.82, 2.24) is 5.06 Å². The van der Waals surface area contributed by atoms with E-state index in [9.17, 15) is 4.79 Å². The molecule has 3 N–H and O–H groups in total. The van der Waals surface area contributed by atoms with Crippen LogP contribution in [0.5, 0.6) is 0 Å². The van der Waals surface area contributed by atoms with Gasteiger partial charge in [0.2, 0.25) is 5.91 Å². The molecule has 5 heteroatoms. The fourth-order valence-electron chi connectivity index (χ4n) is 1.70. The third-order valence-corrected chi connectivity index (χ3v) is 2.71. The Labute approximate surface area is 100 Å². The fraction of sp³-hybridized carbons (Fsp3) is 0.417. The van der Waals surface area contributed by atoms with Gasteiger partial charge < -0.3 is 11.1 Å². The number of nitrogens with one attached hydrogen (secondary N) is 1. The number of carbonyl (C=O) groups excluding carboxylic acids is 1. The predicted molar refractivity (Wildman–Crippen MR) is 66.4 cm³/mol. The first-order valence-electron chi connectivity index (χ1n) is 5.69. The Morgan fingerprint density at radius 1 is 1.59 bits per heavy atom. The second-order valence-corrected chi connectivity index (χ2v) is 4.17. The Bertz CT molecular complexity index is 414. The molecule has 0 unspecified atom stereocenters. The number of nitrogen functional groups attached to an aromatic ring is 1. The second-order valence-electron chi connectivity index (χ2n) is 4.17. The Morgan fingerprint density at radius 2 is 2.41 bits per heavy atom. The molecule has 1 aromatic carbocycles. The first-order chi connectivity index (χ1) is 8.15. The molecule has 0 saturated carbocycles. The molecule has 0 bridgehead atoms. The summed E-state index contributed by atoms with van der Waals surface area (Å²) < 4.78 is 0. The van der Waals surface area contributed by atoms with E-state index in [1.165, 1.54) is 0 Å². The van der Waals surface area contributed by atoms with Gasteiger partial charge in [0.1, 0.15) is 6.54 Å². The van der Waals surface area contributed by atoms with Crippen molar-refractivity contribution in [2.45, 2.75) is 13.3 Å². The van der Waals surface area contributed by atoms with Gasteiger partial charge in [-0.05, 0) is 31.0 Å². The molecular weight excluding hydrogens is 218 g/mol. The standard InChI is InChI=1S/C12H17N3O2/c1-9-3-4-10(7-11(9)13)14-12(16)8-15-5-2-6-17-15/h3-4,7H,2,5-6,8,13H2,1H3,(H,14,16). The maximum atomic E-state index is 11.7. The number of carbonyl (C=O) groups is 1. The Kier molecular flexibility index (Phi) is 3.61. The molecular formula is C12H17N3O2. The van der Waals surface area contributed by atoms with Crippen molar-refractivity contribution in [2.75, 3.05) is 30.7 Å². The lowest BCUT2D eigenvalue weighted by molar-refractivity contribution is -0.137. The van der Waals surface area contributed by atoms with Crippen LogP contribution in [-0.4, -0.2) is 30.7 Å². The molecule has 1 fully saturated rings. The lowest BCUT2D eigenvalue weighted by atomic mass is 10.2. The van der Waals surface area contributed by atoms with Crippen LogP contribution in [0.3, 0.4) is 0 Å². The summed E-state index contributed by atoms with van der Waals surface area (Å²) in [5.74, 6) is -0.0878. The number of nitrogens with two attached hydrogens (primary N) is 1. The summed E-state index contributed by atoms with van der Waals surface area (Å²) in [6.07, 6.45) is 0.977. The summed E-state index contributed by atoms with van der Waals surface area (Å²) in [6.45, 7) is 3.70. The number of hydroxylamine groups is 2. The van der Waals surface area contributed by atoms with E-state index in [2.05, 4.69) is 5.32 Å². The zero-order valence-corrected chi connectivity index (χ0v) is 9.90. The van der Waals surface area contributed by atoms with Crippen LogP contribution in [0, 0.1) is 6.92 Å². The first-order valence-corrected chi connectivity index (χ1v) is 5.69. The summed E-state index contributed by atoms with van der Waals surface area (Å²) in [7, 11) is 0. The van der Waals surface area contributed by atoms with Gasteiger partial charge >= 0.3 is 0 Å². The molecule has 1 aliphatic heterocycles. The summed E-state index contributed by atoms with van der Waals surface area (Å²) in [4.78, 5) is 16.9. The molecule has 0 aliphatic carbocycles. The second kappa shape index (κ2) is 5.16. The molecule has 1 saturated heterocycles. The van der Waals surface area contributed by atoms with Crippen molar-refractivity contribution in [1.29, 1.82) is 0 Å². The van der Waals surface area contributed by atoms with Crippen LogP contribution in [-0.2, 0) is 9.63 Å². The average Bonchev–Trinajstić information content (AvgIpc) is 2.76. The number of hydrogen-bond donors (Lipinski definition) is 2. The first kappa shape index (κ1) is 11.9. The number of nitrogens with zero attached hydrogens (tertiary/aromatic N) is 1. The van der Waals surface area contributed by atoms with Crippen LogP contribution in [0.25, 0.3) is 0 Å². The molecule has 1 aromatic rings. The number of aryl methyl sites for hydroxylation is 1. The van der Waals surface area contributed by atoms with Gasteiger partial charge in [0.15, 0.2) is 0 Å². The molecule has 0 spiro atoms. The van der Waals surface area contributed by atoms with Gasteiger partial charge in [-0.15, -0.1) is 0 Å². The van der Waals surface area contributed by atoms with Crippen LogP contribution in [0.1, 0.15) is 12.0 Å². The highest BCUT2D eigenvalue weighted by Crippen LogP contribution is 2.16. The molecule has 1 amide bonds. The Balaban J connectivity index is 1.90. The van der Waals surface area contributed by atoms with Gasteiger partial charge in [0.05, 0.1) is 6.61 Å². The average molecular weight is 235 g/mol. The third-order valence-electron chi connectivity index (χ3n) is 2.71. The molecule has 1 heterocycles. The van der Waals surface area contributed by atoms with Crippen LogP contribution >= 0.6 is 0 Å². The minimum atomic E-state index is -0.0878. The zero-order chi connectivity index (χ0) is 12.3. The quantitative estimate of drug-likeness (QED) is 0.771. The lowest BCUT2D eigenvalue weighted by Gasteiger charge is -2.13. The van der Waals surface area contributed by atoms with E-state index in [0.717, 1.165) is 24.2 Å². The topological polar surface area (TPSA) is 67.6 Å². The smallest absolute Gasteiger partial charge is 0.240 e. The highest BCUT2D eigenvalue weighted by molar-refractivity contribution is 5.92. The maximum absolute atomic E-state index is 11.7. The minimum absolute atomic E-state index is 0.0878. The van der Waals surface area contributed by atoms with E-state index >= 15 is 0 Å². The van der Waals surface area contributed by atoms with Gasteiger partial charge in [-0.3, -0.25) is 9.63 Å². The van der Waals surface area contributed by atoms with E-state index < -0.39 is 0 Å². The maximum Gasteiger partial charge on any atom is 0.240 e. The number of hydrogen-bond acceptors (Lipinski definition) is 4. The lowest BCUT2D eigenvalue weighted by Crippen LogP contribution is -2.30. The van der Waals surface area contributed by atoms with E-state index in [4.69, 9.17) is 10.6 Å². The molecule has 1 aliphatic rings. The van der Waals surface area contributed by atoms with Crippen LogP contribution in [0.2, 0.25) is 0 Å². The van der Waals surface area contributed by atoms with Gasteiger partial charge in [0, 0.05) is 17.9 Å². The minimum Gasteiger partial charge on any atom is -0.398 e. The molecule has 92 valence electrons. The predicted octanol–water partition coefficient (Wildman–Crippen LogP) is 1.15. The van der Waals surface area contributed by atoms with E-state index in [-0.39, 0.29) is 12.5 Å². The highest BCUT2D eigenvalue weighted by atomic mass is 16.7. The van der Waals surface area contributed by atoms with Crippen molar-refractivity contribution in [2.24, 2.45) is 0 Å². The summed E-state index contributed by atoms with van der Waals surface area (Å²) in [5.41, 5.74) is 8.18. The monoisotopic (exact) mass is 235 g/mol. The van der Waals surface area contributed by atoms with Crippen LogP contribution in [0.15, 0.2) is 18.2 Å². The summed E-state index contributed by atoms with van der Waals surface area (Å²) in [5, 5.41) is 4.47. The SMILES string of the molecule is Cc1ccc(NC(=O)CN2CCCO2)cc1N. The molecule has 2 rings (SSSR count). The van der Waals surface area contributed by atoms with Crippen molar-refractivity contribution in [3.8, 4) is 0 Å². The number of anilines is 2. The molecule has 0 radical (unpaired) electrons. The Hall–Kier alpha value is -1.59. The summed E-state index contributed by atoms with van der Waals surface area (Å²) in [6, 6.07) is 5.49. The van der Waals surface area contributed by atoms with Crippen molar-refractivity contribution < 1.29 is 9.63 Å². The van der Waals surface area contributed by atoms with E-state index in [0.29, 0.717) is 12.3 Å². The van der Waals surface area contributed by atoms with Crippen molar-refractivity contribution in [3.63, 3.8) is 0 Å². The van der Waals surface area contributed by atoms with Gasteiger partial charge in [-0.1, -0.05) is 6.07 Å². The molecule has 0 aromatic heterocycles. The molecule has 0 atom stereocenters. The van der Waals surface area contributed by atoms with E-state index in [1.807, 2.05) is 19.1 Å². The fourth-order valence-corrected chi connectivity index (χ4v) is 1.70. The number of amides is 1. The number of benzene rings is 1. The van der Waals surface area contributed by atoms with Crippen LogP contribution in [0.4, 0.5) is 11.4 Å². The zero-order valence-electron chi connectivity index (χ0n) is 9.90. The van der Waals surface area contributed by atoms with Crippen molar-refractivity contribution >= 4 is 17.3 Å². The highest BCUT2D eigenvalue weighted by Gasteiger charge is 2.16. The third kappa shape index (κ3) is 3.18. The normalized spacial score (nSPS) is 16.1. The van der Waals surface area contributed by atoms with Gasteiger partial charge in [0.25, 0.3) is 0 Å². The van der Waals surface area contributed by atoms with Crippen molar-refractivity contribution in [3.05, 3.63) is 23.8 Å². The van der Waals surface area contributed by atoms with Gasteiger partial charge in [-0.2, -0.15) is 5.06 Å².